The van der Waals surface area contributed by atoms with Gasteiger partial charge in [0.25, 0.3) is 0 Å². The fraction of sp³-hybridized carbons (Fsp3) is 0.0667. The second-order valence-corrected chi connectivity index (χ2v) is 5.69. The molecule has 0 bridgehead atoms. The van der Waals surface area contributed by atoms with Crippen molar-refractivity contribution >= 4 is 43.5 Å². The lowest BCUT2D eigenvalue weighted by molar-refractivity contribution is 0.145. The van der Waals surface area contributed by atoms with Crippen LogP contribution in [0.1, 0.15) is 11.1 Å². The van der Waals surface area contributed by atoms with E-state index >= 15 is 0 Å². The van der Waals surface area contributed by atoms with Gasteiger partial charge >= 0.3 is 0 Å². The van der Waals surface area contributed by atoms with E-state index in [0.29, 0.717) is 16.1 Å². The van der Waals surface area contributed by atoms with Crippen molar-refractivity contribution < 1.29 is 5.11 Å². The molecule has 0 fully saturated rings. The molecule has 0 aliphatic rings. The van der Waals surface area contributed by atoms with Crippen LogP contribution in [0.3, 0.4) is 0 Å². The van der Waals surface area contributed by atoms with E-state index in [0.717, 1.165) is 4.47 Å². The average molecular weight is 400 g/mol. The first-order valence-electron chi connectivity index (χ1n) is 5.43. The van der Waals surface area contributed by atoms with Crippen LogP contribution in [0.25, 0.3) is 0 Å². The minimum Gasteiger partial charge on any atom is -0.369 e. The van der Waals surface area contributed by atoms with Gasteiger partial charge in [-0.05, 0) is 35.0 Å². The van der Waals surface area contributed by atoms with Crippen LogP contribution < -0.4 is 0 Å². The van der Waals surface area contributed by atoms with Crippen LogP contribution in [-0.4, -0.2) is 5.11 Å². The first kappa shape index (κ1) is 14.6. The molecule has 0 aliphatic carbocycles. The Labute approximate surface area is 133 Å². The van der Waals surface area contributed by atoms with Gasteiger partial charge in [0, 0.05) is 36.6 Å². The molecule has 0 aliphatic heterocycles. The van der Waals surface area contributed by atoms with E-state index in [4.69, 9.17) is 11.6 Å². The third-order valence-corrected chi connectivity index (χ3v) is 3.73. The molecule has 1 unspecified atom stereocenters. The number of hydrogen-bond acceptors (Lipinski definition) is 1. The summed E-state index contributed by atoms with van der Waals surface area (Å²) in [5, 5.41) is 11.5. The summed E-state index contributed by atoms with van der Waals surface area (Å²) in [6, 6.07) is 14.4. The number of aliphatic hydroxyl groups is 1. The van der Waals surface area contributed by atoms with Crippen molar-refractivity contribution in [3.8, 4) is 10.8 Å². The van der Waals surface area contributed by atoms with Gasteiger partial charge in [0.1, 0.15) is 0 Å². The Balaban J connectivity index is 2.56. The van der Waals surface area contributed by atoms with Gasteiger partial charge in [0.2, 0.25) is 0 Å². The maximum Gasteiger partial charge on any atom is 0.177 e. The minimum absolute atomic E-state index is 0.619. The van der Waals surface area contributed by atoms with Gasteiger partial charge in [-0.3, -0.25) is 0 Å². The second-order valence-electron chi connectivity index (χ2n) is 3.94. The Kier molecular flexibility index (Phi) is 4.70. The van der Waals surface area contributed by atoms with Crippen molar-refractivity contribution in [1.82, 2.24) is 0 Å². The van der Waals surface area contributed by atoms with Crippen LogP contribution in [0.4, 0.5) is 0 Å². The van der Waals surface area contributed by atoms with Gasteiger partial charge in [-0.25, -0.2) is 0 Å². The van der Waals surface area contributed by atoms with E-state index < -0.39 is 5.60 Å². The zero-order valence-corrected chi connectivity index (χ0v) is 13.6. The van der Waals surface area contributed by atoms with Gasteiger partial charge in [0.15, 0.2) is 5.60 Å². The topological polar surface area (TPSA) is 20.2 Å². The molecule has 0 amide bonds. The maximum atomic E-state index is 10.9. The highest BCUT2D eigenvalue weighted by Gasteiger charge is 2.29. The molecule has 0 radical (unpaired) electrons. The third-order valence-electron chi connectivity index (χ3n) is 2.75. The lowest BCUT2D eigenvalue weighted by Crippen LogP contribution is -2.25. The zero-order chi connectivity index (χ0) is 13.9. The van der Waals surface area contributed by atoms with Gasteiger partial charge in [-0.1, -0.05) is 51.8 Å². The number of rotatable bonds is 2. The summed E-state index contributed by atoms with van der Waals surface area (Å²) in [7, 11) is 0. The van der Waals surface area contributed by atoms with Crippen LogP contribution >= 0.6 is 43.5 Å². The Hall–Kier alpha value is -0.790. The molecule has 0 heterocycles. The Morgan fingerprint density at radius 1 is 0.947 bits per heavy atom. The van der Waals surface area contributed by atoms with Crippen LogP contribution in [0.15, 0.2) is 53.0 Å². The summed E-state index contributed by atoms with van der Waals surface area (Å²) in [6.45, 7) is 0. The Morgan fingerprint density at radius 2 is 1.42 bits per heavy atom. The van der Waals surface area contributed by atoms with E-state index in [-0.39, 0.29) is 0 Å². The van der Waals surface area contributed by atoms with Gasteiger partial charge in [0.05, 0.1) is 0 Å². The normalized spacial score (nSPS) is 13.3. The molecule has 1 nitrogen and oxygen atoms in total. The molecule has 1 atom stereocenters. The monoisotopic (exact) mass is 398 g/mol. The maximum absolute atomic E-state index is 10.9. The lowest BCUT2D eigenvalue weighted by atomic mass is 9.87. The summed E-state index contributed by atoms with van der Waals surface area (Å²) in [6.07, 6.45) is 0. The molecule has 0 saturated heterocycles. The lowest BCUT2D eigenvalue weighted by Gasteiger charge is -2.23. The molecule has 0 saturated carbocycles. The Morgan fingerprint density at radius 3 is 1.89 bits per heavy atom. The first-order valence-corrected chi connectivity index (χ1v) is 7.40. The van der Waals surface area contributed by atoms with E-state index in [9.17, 15) is 5.11 Å². The van der Waals surface area contributed by atoms with Crippen molar-refractivity contribution in [1.29, 1.82) is 0 Å². The number of benzene rings is 2. The molecule has 1 N–H and O–H groups in total. The van der Waals surface area contributed by atoms with E-state index in [1.807, 2.05) is 24.3 Å². The quantitative estimate of drug-likeness (QED) is 0.725. The molecule has 4 heteroatoms. The van der Waals surface area contributed by atoms with Crippen LogP contribution in [0.2, 0.25) is 5.02 Å². The van der Waals surface area contributed by atoms with Gasteiger partial charge in [-0.15, -0.1) is 0 Å². The van der Waals surface area contributed by atoms with Crippen molar-refractivity contribution in [2.75, 3.05) is 0 Å². The summed E-state index contributed by atoms with van der Waals surface area (Å²) >= 11 is 12.3. The standard InChI is InChI=1S/C15H9Br2ClO/c16-10-9-15(19,11-1-5-13(17)6-2-11)12-3-7-14(18)8-4-12/h1-8,19H. The summed E-state index contributed by atoms with van der Waals surface area (Å²) in [5.41, 5.74) is 0.00515. The smallest absolute Gasteiger partial charge is 0.177 e. The van der Waals surface area contributed by atoms with Crippen LogP contribution in [0, 0.1) is 10.8 Å². The molecule has 2 aromatic carbocycles. The highest BCUT2D eigenvalue weighted by molar-refractivity contribution is 9.12. The molecule has 0 aromatic heterocycles. The predicted molar refractivity (Wildman–Crippen MR) is 85.3 cm³/mol. The van der Waals surface area contributed by atoms with Crippen molar-refractivity contribution in [3.05, 3.63) is 69.2 Å². The number of hydrogen-bond donors (Lipinski definition) is 1. The molecule has 19 heavy (non-hydrogen) atoms. The molecule has 96 valence electrons. The van der Waals surface area contributed by atoms with Gasteiger partial charge < -0.3 is 5.11 Å². The fourth-order valence-electron chi connectivity index (χ4n) is 1.76. The second kappa shape index (κ2) is 6.11. The van der Waals surface area contributed by atoms with E-state index in [1.54, 1.807) is 24.3 Å². The SMILES string of the molecule is OC(C#CBr)(c1ccc(Cl)cc1)c1ccc(Br)cc1. The van der Waals surface area contributed by atoms with Crippen molar-refractivity contribution in [2.45, 2.75) is 5.60 Å². The zero-order valence-electron chi connectivity index (χ0n) is 9.70. The summed E-state index contributed by atoms with van der Waals surface area (Å²) in [4.78, 5) is 2.60. The minimum atomic E-state index is -1.37. The summed E-state index contributed by atoms with van der Waals surface area (Å²) < 4.78 is 0.946. The van der Waals surface area contributed by atoms with Crippen molar-refractivity contribution in [3.63, 3.8) is 0 Å². The largest absolute Gasteiger partial charge is 0.369 e. The summed E-state index contributed by atoms with van der Waals surface area (Å²) in [5.74, 6) is 2.79. The number of halogens is 3. The van der Waals surface area contributed by atoms with Crippen LogP contribution in [-0.2, 0) is 5.60 Å². The Bertz CT molecular complexity index is 578. The highest BCUT2D eigenvalue weighted by atomic mass is 79.9. The highest BCUT2D eigenvalue weighted by Crippen LogP contribution is 2.30. The molecule has 2 aromatic rings. The molecule has 2 rings (SSSR count). The first-order chi connectivity index (χ1) is 9.06. The fourth-order valence-corrected chi connectivity index (χ4v) is 2.44. The van der Waals surface area contributed by atoms with E-state index in [1.165, 1.54) is 0 Å². The molecule has 0 spiro atoms. The average Bonchev–Trinajstić information content (AvgIpc) is 2.40. The van der Waals surface area contributed by atoms with Gasteiger partial charge in [-0.2, -0.15) is 0 Å². The molecular weight excluding hydrogens is 391 g/mol. The third kappa shape index (κ3) is 3.21. The molecular formula is C15H9Br2ClO. The van der Waals surface area contributed by atoms with E-state index in [2.05, 4.69) is 42.6 Å². The van der Waals surface area contributed by atoms with Crippen LogP contribution in [0.5, 0.6) is 0 Å². The van der Waals surface area contributed by atoms with Crippen molar-refractivity contribution in [2.24, 2.45) is 0 Å². The predicted octanol–water partition coefficient (Wildman–Crippen LogP) is 4.69.